The summed E-state index contributed by atoms with van der Waals surface area (Å²) in [7, 11) is 0. The predicted octanol–water partition coefficient (Wildman–Crippen LogP) is 9.16. The molecule has 0 radical (unpaired) electrons. The highest BCUT2D eigenvalue weighted by molar-refractivity contribution is 6.53. The molecule has 0 bridgehead atoms. The summed E-state index contributed by atoms with van der Waals surface area (Å²) in [4.78, 5) is 38.6. The highest BCUT2D eigenvalue weighted by Crippen LogP contribution is 2.65. The number of hydrogen-bond acceptors (Lipinski definition) is 5. The van der Waals surface area contributed by atoms with Gasteiger partial charge >= 0.3 is 12.4 Å². The van der Waals surface area contributed by atoms with Crippen LogP contribution in [-0.4, -0.2) is 27.0 Å². The second kappa shape index (κ2) is 13.0. The van der Waals surface area contributed by atoms with Gasteiger partial charge in [-0.3, -0.25) is 14.4 Å². The Kier molecular flexibility index (Phi) is 9.60. The zero-order valence-corrected chi connectivity index (χ0v) is 26.1. The molecule has 1 amide bonds. The molecule has 0 saturated heterocycles. The lowest BCUT2D eigenvalue weighted by Crippen LogP contribution is -2.18. The Hall–Kier alpha value is -4.08. The molecule has 1 aliphatic rings. The lowest BCUT2D eigenvalue weighted by Gasteiger charge is -2.11. The van der Waals surface area contributed by atoms with Gasteiger partial charge < -0.3 is 9.84 Å². The minimum absolute atomic E-state index is 0.0567. The number of aromatic nitrogens is 1. The van der Waals surface area contributed by atoms with E-state index in [0.29, 0.717) is 12.1 Å². The fourth-order valence-electron chi connectivity index (χ4n) is 5.06. The van der Waals surface area contributed by atoms with Crippen LogP contribution in [0, 0.1) is 23.4 Å². The van der Waals surface area contributed by atoms with Crippen molar-refractivity contribution in [2.45, 2.75) is 35.4 Å². The van der Waals surface area contributed by atoms with Crippen LogP contribution in [0.1, 0.15) is 54.8 Å². The van der Waals surface area contributed by atoms with Gasteiger partial charge in [-0.15, -0.1) is 23.2 Å². The molecule has 1 N–H and O–H groups in total. The van der Waals surface area contributed by atoms with Crippen LogP contribution in [0.15, 0.2) is 59.1 Å². The zero-order valence-electron chi connectivity index (χ0n) is 23.9. The molecule has 258 valence electrons. The van der Waals surface area contributed by atoms with Crippen molar-refractivity contribution >= 4 is 58.0 Å². The van der Waals surface area contributed by atoms with Crippen molar-refractivity contribution in [3.05, 3.63) is 116 Å². The number of ketones is 2. The summed E-state index contributed by atoms with van der Waals surface area (Å²) in [6.07, 6.45) is -11.8. The molecule has 18 heteroatoms. The summed E-state index contributed by atoms with van der Waals surface area (Å²) in [5.41, 5.74) is -4.85. The van der Waals surface area contributed by atoms with Crippen LogP contribution in [0.3, 0.4) is 0 Å². The molecule has 2 atom stereocenters. The smallest absolute Gasteiger partial charge is 0.353 e. The van der Waals surface area contributed by atoms with Crippen molar-refractivity contribution < 1.29 is 58.4 Å². The molecule has 1 aliphatic carbocycles. The first-order chi connectivity index (χ1) is 22.7. The lowest BCUT2D eigenvalue weighted by atomic mass is 9.97. The fraction of sp³-hybridized carbons (Fsp3) is 0.226. The molecule has 0 aliphatic heterocycles. The molecule has 4 aromatic rings. The number of Topliss-reactive ketones (excluding diaryl/α,β-unsaturated/α-hetero) is 2. The molecular weight excluding hydrogens is 742 g/mol. The zero-order chi connectivity index (χ0) is 36.2. The number of benzene rings is 3. The van der Waals surface area contributed by atoms with E-state index in [1.165, 1.54) is 12.1 Å². The Labute approximate surface area is 284 Å². The molecule has 0 spiro atoms. The maximum absolute atomic E-state index is 15.3. The third-order valence-corrected chi connectivity index (χ3v) is 8.82. The highest BCUT2D eigenvalue weighted by atomic mass is 35.5. The number of amides is 1. The predicted molar refractivity (Wildman–Crippen MR) is 156 cm³/mol. The lowest BCUT2D eigenvalue weighted by molar-refractivity contribution is -0.143. The van der Waals surface area contributed by atoms with E-state index in [-0.39, 0.29) is 27.9 Å². The van der Waals surface area contributed by atoms with Gasteiger partial charge in [-0.1, -0.05) is 28.9 Å². The maximum Gasteiger partial charge on any atom is 0.436 e. The van der Waals surface area contributed by atoms with Gasteiger partial charge in [-0.05, 0) is 47.5 Å². The Balaban J connectivity index is 1.31. The number of nitrogens with zero attached hydrogens (tertiary/aromatic N) is 1. The van der Waals surface area contributed by atoms with Gasteiger partial charge in [-0.25, -0.2) is 13.2 Å². The second-order valence-corrected chi connectivity index (χ2v) is 12.7. The number of anilines is 1. The van der Waals surface area contributed by atoms with E-state index in [0.717, 1.165) is 24.3 Å². The first-order valence-corrected chi connectivity index (χ1v) is 14.7. The van der Waals surface area contributed by atoms with Gasteiger partial charge in [0.15, 0.2) is 11.5 Å². The van der Waals surface area contributed by atoms with Gasteiger partial charge in [0.25, 0.3) is 0 Å². The Morgan fingerprint density at radius 2 is 1.51 bits per heavy atom. The minimum atomic E-state index is -5.03. The van der Waals surface area contributed by atoms with Crippen LogP contribution < -0.4 is 5.32 Å². The van der Waals surface area contributed by atoms with Crippen molar-refractivity contribution in [1.82, 2.24) is 5.16 Å². The van der Waals surface area contributed by atoms with Gasteiger partial charge in [0.2, 0.25) is 17.5 Å². The van der Waals surface area contributed by atoms with Crippen molar-refractivity contribution in [3.8, 4) is 0 Å². The summed E-state index contributed by atoms with van der Waals surface area (Å²) >= 11 is 18.6. The summed E-state index contributed by atoms with van der Waals surface area (Å²) in [6.45, 7) is 0. The quantitative estimate of drug-likeness (QED) is 0.105. The van der Waals surface area contributed by atoms with E-state index in [1.54, 1.807) is 0 Å². The highest BCUT2D eigenvalue weighted by Gasteiger charge is 2.67. The summed E-state index contributed by atoms with van der Waals surface area (Å²) in [5.74, 6) is -10.4. The summed E-state index contributed by atoms with van der Waals surface area (Å²) in [6, 6.07) is 7.54. The molecule has 49 heavy (non-hydrogen) atoms. The average molecular weight is 758 g/mol. The normalized spacial score (nSPS) is 17.1. The molecular formula is C31H16Cl3F9N2O4. The van der Waals surface area contributed by atoms with E-state index >= 15 is 4.39 Å². The van der Waals surface area contributed by atoms with Crippen LogP contribution >= 0.6 is 34.8 Å². The number of carbonyl (C=O) groups is 3. The Morgan fingerprint density at radius 3 is 2.14 bits per heavy atom. The Morgan fingerprint density at radius 1 is 0.837 bits per heavy atom. The molecule has 1 saturated carbocycles. The first kappa shape index (κ1) is 36.2. The van der Waals surface area contributed by atoms with E-state index in [9.17, 15) is 49.5 Å². The van der Waals surface area contributed by atoms with E-state index in [2.05, 4.69) is 15.0 Å². The van der Waals surface area contributed by atoms with Gasteiger partial charge in [0.1, 0.15) is 21.8 Å². The molecule has 6 nitrogen and oxygen atoms in total. The molecule has 5 rings (SSSR count). The van der Waals surface area contributed by atoms with Gasteiger partial charge in [0, 0.05) is 41.6 Å². The molecule has 1 heterocycles. The second-order valence-electron chi connectivity index (χ2n) is 10.8. The minimum Gasteiger partial charge on any atom is -0.353 e. The topological polar surface area (TPSA) is 89.3 Å². The van der Waals surface area contributed by atoms with Crippen LogP contribution in [0.2, 0.25) is 5.02 Å². The summed E-state index contributed by atoms with van der Waals surface area (Å²) < 4.78 is 124. The standard InChI is InChI=1S/C31H16Cl3F9N2O4/c32-18-4-3-14(44-28(48)26-25(29(26,33)34)12-1-6-20(36)17(7-12)30(38,39)40)9-15(18)21(46)8-13-2-5-19(35)16(27(13)37)10-22(47)23-11-24(45-49-23)31(41,42)43/h1-7,9,11,25-26H,8,10H2,(H,44,48)/t25-,26+/m0/s1. The number of hydrogen-bond donors (Lipinski definition) is 1. The monoisotopic (exact) mass is 756 g/mol. The van der Waals surface area contributed by atoms with Gasteiger partial charge in [0.05, 0.1) is 16.5 Å². The number of rotatable bonds is 9. The van der Waals surface area contributed by atoms with Crippen LogP contribution in [0.4, 0.5) is 45.2 Å². The average Bonchev–Trinajstić information content (AvgIpc) is 3.31. The van der Waals surface area contributed by atoms with Crippen molar-refractivity contribution in [1.29, 1.82) is 0 Å². The van der Waals surface area contributed by atoms with Crippen molar-refractivity contribution in [2.24, 2.45) is 5.92 Å². The molecule has 0 unspecified atom stereocenters. The summed E-state index contributed by atoms with van der Waals surface area (Å²) in [5, 5.41) is 4.97. The molecule has 3 aromatic carbocycles. The van der Waals surface area contributed by atoms with E-state index in [1.807, 2.05) is 0 Å². The largest absolute Gasteiger partial charge is 0.436 e. The van der Waals surface area contributed by atoms with Crippen molar-refractivity contribution in [3.63, 3.8) is 0 Å². The third kappa shape index (κ3) is 7.43. The first-order valence-electron chi connectivity index (χ1n) is 13.6. The number of carbonyl (C=O) groups excluding carboxylic acids is 3. The van der Waals surface area contributed by atoms with E-state index < -0.39 is 104 Å². The molecule has 1 fully saturated rings. The number of nitrogens with one attached hydrogen (secondary N) is 1. The van der Waals surface area contributed by atoms with Crippen molar-refractivity contribution in [2.75, 3.05) is 5.32 Å². The van der Waals surface area contributed by atoms with Crippen LogP contribution in [0.25, 0.3) is 0 Å². The van der Waals surface area contributed by atoms with E-state index in [4.69, 9.17) is 34.8 Å². The SMILES string of the molecule is O=C(Cc1c(F)ccc(CC(=O)c2cc(NC(=O)[C@H]3[C@H](c4ccc(F)c(C(F)(F)F)c4)C3(Cl)Cl)ccc2Cl)c1F)c1cc(C(F)(F)F)no1. The fourth-order valence-corrected chi connectivity index (χ4v) is 6.11. The Bertz CT molecular complexity index is 1990. The van der Waals surface area contributed by atoms with Crippen LogP contribution in [0.5, 0.6) is 0 Å². The third-order valence-electron chi connectivity index (χ3n) is 7.56. The number of alkyl halides is 8. The van der Waals surface area contributed by atoms with Gasteiger partial charge in [-0.2, -0.15) is 26.3 Å². The van der Waals surface area contributed by atoms with Crippen LogP contribution in [-0.2, 0) is 30.0 Å². The molecule has 1 aromatic heterocycles. The number of halogens is 12. The maximum atomic E-state index is 15.3.